The van der Waals surface area contributed by atoms with Crippen molar-refractivity contribution in [2.75, 3.05) is 13.1 Å². The number of benzene rings is 2. The maximum Gasteiger partial charge on any atom is 0.335 e. The van der Waals surface area contributed by atoms with Crippen LogP contribution in [-0.2, 0) is 6.54 Å². The van der Waals surface area contributed by atoms with Crippen LogP contribution in [0.5, 0.6) is 11.5 Å². The summed E-state index contributed by atoms with van der Waals surface area (Å²) in [7, 11) is 0. The average molecular weight is 365 g/mol. The SMILES string of the molecule is O=C(O)c1ccc(CN2C[C@@H]3Oc4c(F)ccc(F)c4O[C@@H]3C2)c(F)c1. The summed E-state index contributed by atoms with van der Waals surface area (Å²) in [5.41, 5.74) is 0.193. The van der Waals surface area contributed by atoms with E-state index in [4.69, 9.17) is 14.6 Å². The third-order valence-electron chi connectivity index (χ3n) is 4.54. The van der Waals surface area contributed by atoms with Crippen LogP contribution in [0.4, 0.5) is 13.2 Å². The number of rotatable bonds is 3. The molecule has 26 heavy (non-hydrogen) atoms. The van der Waals surface area contributed by atoms with Gasteiger partial charge in [-0.3, -0.25) is 4.90 Å². The number of hydrogen-bond acceptors (Lipinski definition) is 4. The Morgan fingerprint density at radius 3 is 2.08 bits per heavy atom. The Balaban J connectivity index is 1.50. The fraction of sp³-hybridized carbons (Fsp3) is 0.278. The zero-order chi connectivity index (χ0) is 18.4. The van der Waals surface area contributed by atoms with Gasteiger partial charge < -0.3 is 14.6 Å². The first kappa shape index (κ1) is 16.7. The van der Waals surface area contributed by atoms with Crippen molar-refractivity contribution in [1.82, 2.24) is 4.90 Å². The topological polar surface area (TPSA) is 59.0 Å². The molecular weight excluding hydrogens is 351 g/mol. The Morgan fingerprint density at radius 1 is 1.00 bits per heavy atom. The summed E-state index contributed by atoms with van der Waals surface area (Å²) in [6.07, 6.45) is -1.000. The van der Waals surface area contributed by atoms with Crippen LogP contribution >= 0.6 is 0 Å². The van der Waals surface area contributed by atoms with Gasteiger partial charge in [-0.15, -0.1) is 0 Å². The van der Waals surface area contributed by atoms with Crippen LogP contribution in [0.1, 0.15) is 15.9 Å². The van der Waals surface area contributed by atoms with Crippen molar-refractivity contribution in [3.05, 3.63) is 58.9 Å². The lowest BCUT2D eigenvalue weighted by Gasteiger charge is -2.28. The van der Waals surface area contributed by atoms with Gasteiger partial charge in [-0.25, -0.2) is 18.0 Å². The maximum atomic E-state index is 14.1. The van der Waals surface area contributed by atoms with Crippen LogP contribution in [0, 0.1) is 17.5 Å². The summed E-state index contributed by atoms with van der Waals surface area (Å²) in [4.78, 5) is 12.7. The molecule has 0 aromatic heterocycles. The number of nitrogens with zero attached hydrogens (tertiary/aromatic N) is 1. The van der Waals surface area contributed by atoms with E-state index in [0.717, 1.165) is 18.2 Å². The van der Waals surface area contributed by atoms with E-state index < -0.39 is 35.6 Å². The zero-order valence-electron chi connectivity index (χ0n) is 13.4. The largest absolute Gasteiger partial charge is 0.478 e. The van der Waals surface area contributed by atoms with E-state index in [1.54, 1.807) is 0 Å². The third-order valence-corrected chi connectivity index (χ3v) is 4.54. The van der Waals surface area contributed by atoms with Gasteiger partial charge >= 0.3 is 5.97 Å². The number of ether oxygens (including phenoxy) is 2. The minimum absolute atomic E-state index is 0.130. The highest BCUT2D eigenvalue weighted by molar-refractivity contribution is 5.87. The Hall–Kier alpha value is -2.74. The minimum Gasteiger partial charge on any atom is -0.478 e. The smallest absolute Gasteiger partial charge is 0.335 e. The molecule has 8 heteroatoms. The summed E-state index contributed by atoms with van der Waals surface area (Å²) < 4.78 is 52.9. The molecule has 0 bridgehead atoms. The molecule has 136 valence electrons. The molecule has 1 saturated heterocycles. The lowest BCUT2D eigenvalue weighted by Crippen LogP contribution is -2.39. The number of halogens is 3. The first-order chi connectivity index (χ1) is 12.4. The van der Waals surface area contributed by atoms with Crippen molar-refractivity contribution in [2.45, 2.75) is 18.8 Å². The molecule has 4 rings (SSSR count). The number of carboxylic acids is 1. The molecule has 1 N–H and O–H groups in total. The van der Waals surface area contributed by atoms with E-state index in [-0.39, 0.29) is 23.6 Å². The second kappa shape index (κ2) is 6.21. The van der Waals surface area contributed by atoms with E-state index >= 15 is 0 Å². The lowest BCUT2D eigenvalue weighted by molar-refractivity contribution is 0.0467. The van der Waals surface area contributed by atoms with Gasteiger partial charge in [-0.2, -0.15) is 0 Å². The molecule has 0 unspecified atom stereocenters. The van der Waals surface area contributed by atoms with E-state index in [9.17, 15) is 18.0 Å². The first-order valence-electron chi connectivity index (χ1n) is 7.98. The predicted octanol–water partition coefficient (Wildman–Crippen LogP) is 2.83. The number of hydrogen-bond donors (Lipinski definition) is 1. The normalized spacial score (nSPS) is 21.5. The Kier molecular flexibility index (Phi) is 3.99. The average Bonchev–Trinajstić information content (AvgIpc) is 3.00. The van der Waals surface area contributed by atoms with Gasteiger partial charge in [0.05, 0.1) is 5.56 Å². The number of likely N-dealkylation sites (tertiary alicyclic amines) is 1. The van der Waals surface area contributed by atoms with Crippen LogP contribution < -0.4 is 9.47 Å². The summed E-state index contributed by atoms with van der Waals surface area (Å²) in [5, 5.41) is 8.88. The van der Waals surface area contributed by atoms with Crippen molar-refractivity contribution in [2.24, 2.45) is 0 Å². The highest BCUT2D eigenvalue weighted by Gasteiger charge is 2.42. The van der Waals surface area contributed by atoms with E-state index in [2.05, 4.69) is 0 Å². The molecule has 5 nitrogen and oxygen atoms in total. The monoisotopic (exact) mass is 365 g/mol. The molecule has 2 aromatic rings. The number of aromatic carboxylic acids is 1. The molecule has 0 aliphatic carbocycles. The van der Waals surface area contributed by atoms with Crippen LogP contribution in [0.2, 0.25) is 0 Å². The molecule has 0 spiro atoms. The van der Waals surface area contributed by atoms with Gasteiger partial charge in [-0.05, 0) is 24.3 Å². The van der Waals surface area contributed by atoms with Crippen molar-refractivity contribution < 1.29 is 32.5 Å². The summed E-state index contributed by atoms with van der Waals surface area (Å²) in [6, 6.07) is 5.66. The third kappa shape index (κ3) is 2.86. The van der Waals surface area contributed by atoms with Gasteiger partial charge in [0.25, 0.3) is 0 Å². The molecule has 0 saturated carbocycles. The highest BCUT2D eigenvalue weighted by Crippen LogP contribution is 2.40. The Morgan fingerprint density at radius 2 is 1.58 bits per heavy atom. The van der Waals surface area contributed by atoms with Gasteiger partial charge in [-0.1, -0.05) is 6.07 Å². The van der Waals surface area contributed by atoms with Crippen molar-refractivity contribution >= 4 is 5.97 Å². The van der Waals surface area contributed by atoms with Crippen LogP contribution in [0.25, 0.3) is 0 Å². The quantitative estimate of drug-likeness (QED) is 0.907. The van der Waals surface area contributed by atoms with E-state index in [1.807, 2.05) is 4.90 Å². The molecule has 2 aliphatic heterocycles. The lowest BCUT2D eigenvalue weighted by atomic mass is 10.1. The van der Waals surface area contributed by atoms with Gasteiger partial charge in [0.1, 0.15) is 18.0 Å². The fourth-order valence-electron chi connectivity index (χ4n) is 3.26. The Labute approximate surface area is 146 Å². The number of fused-ring (bicyclic) bond motifs is 2. The fourth-order valence-corrected chi connectivity index (χ4v) is 3.26. The molecule has 0 radical (unpaired) electrons. The maximum absolute atomic E-state index is 14.1. The summed E-state index contributed by atoms with van der Waals surface area (Å²) in [6.45, 7) is 0.896. The first-order valence-corrected chi connectivity index (χ1v) is 7.98. The molecular formula is C18H14F3NO4. The minimum atomic E-state index is -1.20. The standard InChI is InChI=1S/C18H14F3NO4/c19-11-3-4-12(20)17-16(11)25-14-7-22(8-15(14)26-17)6-10-2-1-9(18(23)24)5-13(10)21/h1-5,14-15H,6-8H2,(H,23,24)/t14-,15+. The van der Waals surface area contributed by atoms with E-state index in [1.165, 1.54) is 12.1 Å². The number of carboxylic acid groups (broad SMARTS) is 1. The molecule has 2 atom stereocenters. The van der Waals surface area contributed by atoms with Crippen molar-refractivity contribution in [3.8, 4) is 11.5 Å². The number of carbonyl (C=O) groups is 1. The van der Waals surface area contributed by atoms with Crippen LogP contribution in [-0.4, -0.2) is 41.3 Å². The Bertz CT molecular complexity index is 850. The molecule has 2 aromatic carbocycles. The summed E-state index contributed by atoms with van der Waals surface area (Å²) in [5.74, 6) is -3.72. The van der Waals surface area contributed by atoms with Crippen LogP contribution in [0.15, 0.2) is 30.3 Å². The van der Waals surface area contributed by atoms with Gasteiger partial charge in [0, 0.05) is 25.2 Å². The second-order valence-corrected chi connectivity index (χ2v) is 6.31. The molecule has 0 amide bonds. The van der Waals surface area contributed by atoms with Gasteiger partial charge in [0.2, 0.25) is 11.5 Å². The highest BCUT2D eigenvalue weighted by atomic mass is 19.1. The summed E-state index contributed by atoms with van der Waals surface area (Å²) >= 11 is 0. The van der Waals surface area contributed by atoms with E-state index in [0.29, 0.717) is 18.7 Å². The molecule has 2 heterocycles. The van der Waals surface area contributed by atoms with Crippen molar-refractivity contribution in [3.63, 3.8) is 0 Å². The van der Waals surface area contributed by atoms with Gasteiger partial charge in [0.15, 0.2) is 11.6 Å². The zero-order valence-corrected chi connectivity index (χ0v) is 13.4. The van der Waals surface area contributed by atoms with Crippen molar-refractivity contribution in [1.29, 1.82) is 0 Å². The predicted molar refractivity (Wildman–Crippen MR) is 83.8 cm³/mol. The van der Waals surface area contributed by atoms with Crippen LogP contribution in [0.3, 0.4) is 0 Å². The molecule has 2 aliphatic rings. The molecule has 1 fully saturated rings. The second-order valence-electron chi connectivity index (χ2n) is 6.31.